The summed E-state index contributed by atoms with van der Waals surface area (Å²) in [6.45, 7) is 10.8. The average Bonchev–Trinajstić information content (AvgIpc) is 2.63. The van der Waals surface area contributed by atoms with E-state index in [9.17, 15) is 22.8 Å². The number of carbonyl (C=O) groups is 2. The molecule has 0 saturated carbocycles. The fraction of sp³-hybridized carbons (Fsp3) is 0.619. The van der Waals surface area contributed by atoms with Crippen LogP contribution >= 0.6 is 11.6 Å². The van der Waals surface area contributed by atoms with E-state index >= 15 is 0 Å². The highest BCUT2D eigenvalue weighted by Gasteiger charge is 2.33. The van der Waals surface area contributed by atoms with Gasteiger partial charge < -0.3 is 10.2 Å². The second-order valence-corrected chi connectivity index (χ2v) is 8.69. The fourth-order valence-electron chi connectivity index (χ4n) is 3.77. The Kier molecular flexibility index (Phi) is 8.73. The molecule has 2 amide bonds. The largest absolute Gasteiger partial charge is 0.417 e. The van der Waals surface area contributed by atoms with E-state index in [1.165, 1.54) is 6.07 Å². The number of nitrogens with zero attached hydrogens (tertiary/aromatic N) is 3. The van der Waals surface area contributed by atoms with Crippen LogP contribution < -0.4 is 5.32 Å². The normalized spacial score (nSPS) is 16.1. The minimum Gasteiger partial charge on any atom is -0.337 e. The molecule has 0 bridgehead atoms. The Morgan fingerprint density at radius 3 is 2.03 bits per heavy atom. The first-order chi connectivity index (χ1) is 14.4. The van der Waals surface area contributed by atoms with Gasteiger partial charge in [-0.25, -0.2) is 0 Å². The molecule has 1 aliphatic heterocycles. The standard InChI is InChI=1S/C21H30ClF3N4O2/c1-14(2)29(15(3)4)20(31)13-28-9-7-27(8-10-28)12-19(30)26-16-5-6-18(22)17(11-16)21(23,24)25/h5-6,11,14-15H,7-10,12-13H2,1-4H3,(H,26,30). The number of rotatable bonds is 7. The Balaban J connectivity index is 1.84. The van der Waals surface area contributed by atoms with E-state index in [4.69, 9.17) is 11.6 Å². The first-order valence-corrected chi connectivity index (χ1v) is 10.7. The van der Waals surface area contributed by atoms with Crippen LogP contribution in [0.4, 0.5) is 18.9 Å². The van der Waals surface area contributed by atoms with Crippen molar-refractivity contribution in [1.29, 1.82) is 0 Å². The number of piperazine rings is 1. The molecule has 0 unspecified atom stereocenters. The van der Waals surface area contributed by atoms with Crippen molar-refractivity contribution in [2.24, 2.45) is 0 Å². The molecular formula is C21H30ClF3N4O2. The van der Waals surface area contributed by atoms with E-state index < -0.39 is 22.7 Å². The van der Waals surface area contributed by atoms with Crippen LogP contribution in [0.1, 0.15) is 33.3 Å². The molecule has 0 aromatic heterocycles. The quantitative estimate of drug-likeness (QED) is 0.673. The maximum absolute atomic E-state index is 13.0. The van der Waals surface area contributed by atoms with Gasteiger partial charge in [0.1, 0.15) is 0 Å². The Labute approximate surface area is 186 Å². The lowest BCUT2D eigenvalue weighted by atomic mass is 10.2. The van der Waals surface area contributed by atoms with Gasteiger partial charge in [-0.15, -0.1) is 0 Å². The van der Waals surface area contributed by atoms with Crippen molar-refractivity contribution >= 4 is 29.1 Å². The zero-order chi connectivity index (χ0) is 23.3. The fourth-order valence-corrected chi connectivity index (χ4v) is 4.00. The van der Waals surface area contributed by atoms with E-state index in [2.05, 4.69) is 10.2 Å². The highest BCUT2D eigenvalue weighted by Crippen LogP contribution is 2.36. The molecule has 2 rings (SSSR count). The number of anilines is 1. The summed E-state index contributed by atoms with van der Waals surface area (Å²) in [6, 6.07) is 3.55. The van der Waals surface area contributed by atoms with Crippen LogP contribution in [-0.2, 0) is 15.8 Å². The molecule has 0 radical (unpaired) electrons. The SMILES string of the molecule is CC(C)N(C(=O)CN1CCN(CC(=O)Nc2ccc(Cl)c(C(F)(F)F)c2)CC1)C(C)C. The molecule has 10 heteroatoms. The summed E-state index contributed by atoms with van der Waals surface area (Å²) < 4.78 is 38.9. The van der Waals surface area contributed by atoms with Crippen LogP contribution in [0.25, 0.3) is 0 Å². The molecule has 1 aromatic carbocycles. The maximum atomic E-state index is 13.0. The number of hydrogen-bond donors (Lipinski definition) is 1. The van der Waals surface area contributed by atoms with E-state index in [-0.39, 0.29) is 30.2 Å². The number of halogens is 4. The Morgan fingerprint density at radius 2 is 1.55 bits per heavy atom. The zero-order valence-corrected chi connectivity index (χ0v) is 19.1. The van der Waals surface area contributed by atoms with E-state index in [1.807, 2.05) is 37.5 Å². The van der Waals surface area contributed by atoms with E-state index in [0.29, 0.717) is 32.7 Å². The minimum atomic E-state index is -4.59. The smallest absolute Gasteiger partial charge is 0.337 e. The number of carbonyl (C=O) groups excluding carboxylic acids is 2. The topological polar surface area (TPSA) is 55.9 Å². The van der Waals surface area contributed by atoms with Gasteiger partial charge in [-0.2, -0.15) is 13.2 Å². The molecular weight excluding hydrogens is 433 g/mol. The van der Waals surface area contributed by atoms with Gasteiger partial charge in [-0.05, 0) is 45.9 Å². The van der Waals surface area contributed by atoms with Gasteiger partial charge in [-0.1, -0.05) is 11.6 Å². The van der Waals surface area contributed by atoms with Gasteiger partial charge in [0.15, 0.2) is 0 Å². The summed E-state index contributed by atoms with van der Waals surface area (Å²) in [5.74, 6) is -0.315. The van der Waals surface area contributed by atoms with Crippen LogP contribution in [-0.4, -0.2) is 77.9 Å². The molecule has 0 spiro atoms. The van der Waals surface area contributed by atoms with Crippen LogP contribution in [0.2, 0.25) is 5.02 Å². The number of alkyl halides is 3. The molecule has 6 nitrogen and oxygen atoms in total. The van der Waals surface area contributed by atoms with Crippen molar-refractivity contribution < 1.29 is 22.8 Å². The van der Waals surface area contributed by atoms with Crippen molar-refractivity contribution in [1.82, 2.24) is 14.7 Å². The van der Waals surface area contributed by atoms with Crippen molar-refractivity contribution in [3.05, 3.63) is 28.8 Å². The minimum absolute atomic E-state index is 0.0495. The summed E-state index contributed by atoms with van der Waals surface area (Å²) in [6.07, 6.45) is -4.59. The van der Waals surface area contributed by atoms with Gasteiger partial charge >= 0.3 is 6.18 Å². The third-order valence-corrected chi connectivity index (χ3v) is 5.48. The maximum Gasteiger partial charge on any atom is 0.417 e. The van der Waals surface area contributed by atoms with Gasteiger partial charge in [0, 0.05) is 44.0 Å². The van der Waals surface area contributed by atoms with Gasteiger partial charge in [0.25, 0.3) is 0 Å². The van der Waals surface area contributed by atoms with Crippen molar-refractivity contribution in [2.45, 2.75) is 46.0 Å². The second kappa shape index (κ2) is 10.7. The first kappa shape index (κ1) is 25.4. The summed E-state index contributed by atoms with van der Waals surface area (Å²) in [4.78, 5) is 30.7. The van der Waals surface area contributed by atoms with Crippen LogP contribution in [0.5, 0.6) is 0 Å². The zero-order valence-electron chi connectivity index (χ0n) is 18.3. The lowest BCUT2D eigenvalue weighted by Gasteiger charge is -2.37. The molecule has 1 N–H and O–H groups in total. The highest BCUT2D eigenvalue weighted by molar-refractivity contribution is 6.31. The van der Waals surface area contributed by atoms with E-state index in [0.717, 1.165) is 12.1 Å². The van der Waals surface area contributed by atoms with Crippen molar-refractivity contribution in [3.8, 4) is 0 Å². The number of benzene rings is 1. The van der Waals surface area contributed by atoms with Crippen LogP contribution in [0.3, 0.4) is 0 Å². The summed E-state index contributed by atoms with van der Waals surface area (Å²) >= 11 is 5.60. The Morgan fingerprint density at radius 1 is 1.03 bits per heavy atom. The lowest BCUT2D eigenvalue weighted by Crippen LogP contribution is -2.53. The van der Waals surface area contributed by atoms with Crippen molar-refractivity contribution in [2.75, 3.05) is 44.6 Å². The first-order valence-electron chi connectivity index (χ1n) is 10.3. The highest BCUT2D eigenvalue weighted by atomic mass is 35.5. The molecule has 1 saturated heterocycles. The Hall–Kier alpha value is -1.84. The van der Waals surface area contributed by atoms with Crippen LogP contribution in [0, 0.1) is 0 Å². The molecule has 1 aromatic rings. The molecule has 1 fully saturated rings. The third-order valence-electron chi connectivity index (χ3n) is 5.15. The summed E-state index contributed by atoms with van der Waals surface area (Å²) in [7, 11) is 0. The molecule has 1 aliphatic rings. The molecule has 0 atom stereocenters. The molecule has 31 heavy (non-hydrogen) atoms. The predicted molar refractivity (Wildman–Crippen MR) is 115 cm³/mol. The van der Waals surface area contributed by atoms with Gasteiger partial charge in [0.2, 0.25) is 11.8 Å². The van der Waals surface area contributed by atoms with Gasteiger partial charge in [-0.3, -0.25) is 19.4 Å². The lowest BCUT2D eigenvalue weighted by molar-refractivity contribution is -0.137. The third kappa shape index (κ3) is 7.36. The summed E-state index contributed by atoms with van der Waals surface area (Å²) in [5.41, 5.74) is -0.935. The number of amides is 2. The van der Waals surface area contributed by atoms with Crippen molar-refractivity contribution in [3.63, 3.8) is 0 Å². The molecule has 174 valence electrons. The number of hydrogen-bond acceptors (Lipinski definition) is 4. The average molecular weight is 463 g/mol. The van der Waals surface area contributed by atoms with Crippen LogP contribution in [0.15, 0.2) is 18.2 Å². The Bertz CT molecular complexity index is 770. The monoisotopic (exact) mass is 462 g/mol. The molecule has 1 heterocycles. The van der Waals surface area contributed by atoms with E-state index in [1.54, 1.807) is 0 Å². The summed E-state index contributed by atoms with van der Waals surface area (Å²) in [5, 5.41) is 2.09. The number of nitrogens with one attached hydrogen (secondary N) is 1. The van der Waals surface area contributed by atoms with Gasteiger partial charge in [0.05, 0.1) is 23.7 Å². The predicted octanol–water partition coefficient (Wildman–Crippen LogP) is 3.56. The molecule has 0 aliphatic carbocycles. The second-order valence-electron chi connectivity index (χ2n) is 8.28.